The minimum atomic E-state index is -0.759. The molecule has 1 aromatic carbocycles. The predicted molar refractivity (Wildman–Crippen MR) is 60.2 cm³/mol. The molecule has 0 fully saturated rings. The van der Waals surface area contributed by atoms with Gasteiger partial charge in [-0.1, -0.05) is 30.3 Å². The molecule has 0 spiro atoms. The molecule has 1 aromatic rings. The number of carbonyl (C=O) groups is 2. The van der Waals surface area contributed by atoms with Crippen LogP contribution in [0.2, 0.25) is 0 Å². The van der Waals surface area contributed by atoms with Gasteiger partial charge in [0.2, 0.25) is 11.8 Å². The van der Waals surface area contributed by atoms with Crippen molar-refractivity contribution in [3.05, 3.63) is 35.9 Å². The van der Waals surface area contributed by atoms with Gasteiger partial charge in [0.1, 0.15) is 6.04 Å². The molecule has 0 bridgehead atoms. The van der Waals surface area contributed by atoms with Crippen LogP contribution >= 0.6 is 0 Å². The summed E-state index contributed by atoms with van der Waals surface area (Å²) in [6.45, 7) is -0.126. The first-order chi connectivity index (χ1) is 7.52. The summed E-state index contributed by atoms with van der Waals surface area (Å²) in [5.74, 6) is -0.888. The van der Waals surface area contributed by atoms with E-state index in [9.17, 15) is 9.59 Å². The molecule has 0 aromatic heterocycles. The number of benzene rings is 1. The number of nitrogens with zero attached hydrogens (tertiary/aromatic N) is 1. The largest absolute Gasteiger partial charge is 0.368 e. The Balaban J connectivity index is 2.71. The van der Waals surface area contributed by atoms with Crippen LogP contribution in [0.1, 0.15) is 11.6 Å². The smallest absolute Gasteiger partial charge is 0.244 e. The molecule has 5 heteroatoms. The van der Waals surface area contributed by atoms with Crippen LogP contribution in [0.4, 0.5) is 0 Å². The fourth-order valence-corrected chi connectivity index (χ4v) is 1.35. The van der Waals surface area contributed by atoms with Crippen LogP contribution in [-0.4, -0.2) is 30.3 Å². The summed E-state index contributed by atoms with van der Waals surface area (Å²) in [4.78, 5) is 23.7. The summed E-state index contributed by atoms with van der Waals surface area (Å²) in [6.07, 6.45) is 0. The summed E-state index contributed by atoms with van der Waals surface area (Å²) in [5, 5.41) is 0. The lowest BCUT2D eigenvalue weighted by molar-refractivity contribution is -0.135. The van der Waals surface area contributed by atoms with Crippen LogP contribution in [0.3, 0.4) is 0 Å². The van der Waals surface area contributed by atoms with Crippen molar-refractivity contribution in [3.63, 3.8) is 0 Å². The van der Waals surface area contributed by atoms with Crippen LogP contribution < -0.4 is 11.5 Å². The second-order valence-electron chi connectivity index (χ2n) is 3.55. The Labute approximate surface area is 94.0 Å². The molecule has 0 heterocycles. The number of amides is 2. The third-order valence-electron chi connectivity index (χ3n) is 2.19. The van der Waals surface area contributed by atoms with Crippen molar-refractivity contribution in [2.45, 2.75) is 6.04 Å². The topological polar surface area (TPSA) is 89.4 Å². The van der Waals surface area contributed by atoms with E-state index in [1.54, 1.807) is 24.3 Å². The van der Waals surface area contributed by atoms with E-state index in [4.69, 9.17) is 11.5 Å². The molecule has 4 N–H and O–H groups in total. The summed E-state index contributed by atoms with van der Waals surface area (Å²) in [6, 6.07) is 8.22. The molecule has 0 aliphatic heterocycles. The van der Waals surface area contributed by atoms with Crippen LogP contribution in [0.25, 0.3) is 0 Å². The van der Waals surface area contributed by atoms with E-state index < -0.39 is 11.9 Å². The van der Waals surface area contributed by atoms with Crippen molar-refractivity contribution in [1.82, 2.24) is 4.90 Å². The second kappa shape index (κ2) is 5.27. The Bertz CT molecular complexity index is 378. The van der Waals surface area contributed by atoms with Gasteiger partial charge in [-0.05, 0) is 5.56 Å². The number of hydrogen-bond donors (Lipinski definition) is 2. The lowest BCUT2D eigenvalue weighted by Crippen LogP contribution is -2.40. The Morgan fingerprint density at radius 3 is 2.38 bits per heavy atom. The third kappa shape index (κ3) is 3.06. The fourth-order valence-electron chi connectivity index (χ4n) is 1.35. The van der Waals surface area contributed by atoms with Gasteiger partial charge in [-0.15, -0.1) is 0 Å². The summed E-state index contributed by atoms with van der Waals surface area (Å²) in [7, 11) is 1.50. The van der Waals surface area contributed by atoms with Crippen molar-refractivity contribution >= 4 is 11.8 Å². The van der Waals surface area contributed by atoms with Crippen molar-refractivity contribution < 1.29 is 9.59 Å². The SMILES string of the molecule is CN(CC(N)=O)C(=O)[C@@H](N)c1ccccc1. The number of likely N-dealkylation sites (N-methyl/N-ethyl adjacent to an activating group) is 1. The van der Waals surface area contributed by atoms with Crippen molar-refractivity contribution in [2.75, 3.05) is 13.6 Å². The molecule has 0 aliphatic rings. The minimum absolute atomic E-state index is 0.126. The first-order valence-electron chi connectivity index (χ1n) is 4.86. The maximum absolute atomic E-state index is 11.8. The third-order valence-corrected chi connectivity index (χ3v) is 2.19. The average molecular weight is 221 g/mol. The van der Waals surface area contributed by atoms with Gasteiger partial charge in [-0.25, -0.2) is 0 Å². The molecule has 16 heavy (non-hydrogen) atoms. The van der Waals surface area contributed by atoms with Crippen LogP contribution in [0.5, 0.6) is 0 Å². The van der Waals surface area contributed by atoms with Gasteiger partial charge < -0.3 is 16.4 Å². The lowest BCUT2D eigenvalue weighted by Gasteiger charge is -2.19. The van der Waals surface area contributed by atoms with E-state index >= 15 is 0 Å². The van der Waals surface area contributed by atoms with Gasteiger partial charge in [0.25, 0.3) is 0 Å². The number of carbonyl (C=O) groups excluding carboxylic acids is 2. The lowest BCUT2D eigenvalue weighted by atomic mass is 10.1. The maximum Gasteiger partial charge on any atom is 0.244 e. The standard InChI is InChI=1S/C11H15N3O2/c1-14(7-9(12)15)11(16)10(13)8-5-3-2-4-6-8/h2-6,10H,7,13H2,1H3,(H2,12,15)/t10-/m0/s1. The van der Waals surface area contributed by atoms with Gasteiger partial charge in [0.15, 0.2) is 0 Å². The zero-order valence-corrected chi connectivity index (χ0v) is 9.09. The first kappa shape index (κ1) is 12.2. The molecular weight excluding hydrogens is 206 g/mol. The van der Waals surface area contributed by atoms with Gasteiger partial charge in [-0.2, -0.15) is 0 Å². The van der Waals surface area contributed by atoms with Gasteiger partial charge in [-0.3, -0.25) is 9.59 Å². The number of rotatable bonds is 4. The van der Waals surface area contributed by atoms with Gasteiger partial charge >= 0.3 is 0 Å². The molecule has 0 unspecified atom stereocenters. The zero-order valence-electron chi connectivity index (χ0n) is 9.09. The average Bonchev–Trinajstić information content (AvgIpc) is 2.27. The predicted octanol–water partition coefficient (Wildman–Crippen LogP) is -0.370. The molecule has 0 aliphatic carbocycles. The molecule has 0 radical (unpaired) electrons. The van der Waals surface area contributed by atoms with E-state index in [0.717, 1.165) is 0 Å². The first-order valence-corrected chi connectivity index (χ1v) is 4.86. The molecule has 86 valence electrons. The Morgan fingerprint density at radius 1 is 1.31 bits per heavy atom. The van der Waals surface area contributed by atoms with E-state index in [1.807, 2.05) is 6.07 Å². The maximum atomic E-state index is 11.8. The molecule has 1 atom stereocenters. The monoisotopic (exact) mass is 221 g/mol. The molecule has 5 nitrogen and oxygen atoms in total. The van der Waals surface area contributed by atoms with E-state index in [0.29, 0.717) is 5.56 Å². The van der Waals surface area contributed by atoms with Crippen molar-refractivity contribution in [1.29, 1.82) is 0 Å². The van der Waals surface area contributed by atoms with Crippen LogP contribution in [-0.2, 0) is 9.59 Å². The quantitative estimate of drug-likeness (QED) is 0.727. The normalized spacial score (nSPS) is 11.9. The minimum Gasteiger partial charge on any atom is -0.368 e. The Kier molecular flexibility index (Phi) is 4.02. The van der Waals surface area contributed by atoms with Crippen LogP contribution in [0.15, 0.2) is 30.3 Å². The molecule has 0 saturated heterocycles. The Hall–Kier alpha value is -1.88. The Morgan fingerprint density at radius 2 is 1.88 bits per heavy atom. The summed E-state index contributed by atoms with van der Waals surface area (Å²) >= 11 is 0. The number of hydrogen-bond acceptors (Lipinski definition) is 3. The van der Waals surface area contributed by atoms with Crippen molar-refractivity contribution in [3.8, 4) is 0 Å². The highest BCUT2D eigenvalue weighted by atomic mass is 16.2. The highest BCUT2D eigenvalue weighted by Crippen LogP contribution is 2.11. The highest BCUT2D eigenvalue weighted by Gasteiger charge is 2.20. The molecular formula is C11H15N3O2. The van der Waals surface area contributed by atoms with Crippen molar-refractivity contribution in [2.24, 2.45) is 11.5 Å². The number of nitrogens with two attached hydrogens (primary N) is 2. The summed E-state index contributed by atoms with van der Waals surface area (Å²) in [5.41, 5.74) is 11.5. The van der Waals surface area contributed by atoms with Crippen LogP contribution in [0, 0.1) is 0 Å². The second-order valence-corrected chi connectivity index (χ2v) is 3.55. The number of primary amides is 1. The molecule has 2 amide bonds. The molecule has 1 rings (SSSR count). The van der Waals surface area contributed by atoms with Gasteiger partial charge in [0, 0.05) is 7.05 Å². The van der Waals surface area contributed by atoms with E-state index in [-0.39, 0.29) is 12.5 Å². The fraction of sp³-hybridized carbons (Fsp3) is 0.273. The highest BCUT2D eigenvalue weighted by molar-refractivity contribution is 5.87. The van der Waals surface area contributed by atoms with Gasteiger partial charge in [0.05, 0.1) is 6.54 Å². The summed E-state index contributed by atoms with van der Waals surface area (Å²) < 4.78 is 0. The van der Waals surface area contributed by atoms with E-state index in [2.05, 4.69) is 0 Å². The molecule has 0 saturated carbocycles. The van der Waals surface area contributed by atoms with E-state index in [1.165, 1.54) is 11.9 Å². The zero-order chi connectivity index (χ0) is 12.1.